The fourth-order valence-corrected chi connectivity index (χ4v) is 4.39. The highest BCUT2D eigenvalue weighted by atomic mass is 19.1. The van der Waals surface area contributed by atoms with Crippen molar-refractivity contribution in [2.24, 2.45) is 5.73 Å². The number of halogens is 1. The summed E-state index contributed by atoms with van der Waals surface area (Å²) >= 11 is 0. The molecule has 1 aliphatic heterocycles. The standard InChI is InChI=1S/C28H34FN5O2/c1-18(2)21-10-9-19(3)25(15-21)36-17-23-20(4)31-27(22-7-5-6-8-24(22)29)32-28(23)34-13-11-33(12-14-34)16-26(30)35/h5-10,15,18H,11-14,16-17H2,1-4H3,(H2,30,35). The van der Waals surface area contributed by atoms with E-state index in [1.54, 1.807) is 18.2 Å². The number of anilines is 1. The number of nitrogens with two attached hydrogens (primary N) is 1. The van der Waals surface area contributed by atoms with Gasteiger partial charge in [0.2, 0.25) is 5.91 Å². The van der Waals surface area contributed by atoms with Gasteiger partial charge in [0.05, 0.1) is 23.4 Å². The van der Waals surface area contributed by atoms with Crippen LogP contribution in [0.25, 0.3) is 11.4 Å². The minimum atomic E-state index is -0.362. The molecule has 1 saturated heterocycles. The Bertz CT molecular complexity index is 1240. The Morgan fingerprint density at radius 3 is 2.47 bits per heavy atom. The largest absolute Gasteiger partial charge is 0.488 e. The molecule has 0 spiro atoms. The van der Waals surface area contributed by atoms with Crippen LogP contribution in [0, 0.1) is 19.7 Å². The van der Waals surface area contributed by atoms with E-state index in [4.69, 9.17) is 15.5 Å². The monoisotopic (exact) mass is 491 g/mol. The first kappa shape index (κ1) is 25.6. The maximum Gasteiger partial charge on any atom is 0.231 e. The molecule has 2 aromatic carbocycles. The first-order valence-corrected chi connectivity index (χ1v) is 12.3. The molecule has 0 radical (unpaired) electrons. The number of carbonyl (C=O) groups is 1. The molecule has 36 heavy (non-hydrogen) atoms. The second-order valence-electron chi connectivity index (χ2n) is 9.61. The van der Waals surface area contributed by atoms with Crippen molar-refractivity contribution in [3.8, 4) is 17.1 Å². The highest BCUT2D eigenvalue weighted by Crippen LogP contribution is 2.30. The zero-order valence-electron chi connectivity index (χ0n) is 21.4. The molecular weight excluding hydrogens is 457 g/mol. The van der Waals surface area contributed by atoms with Gasteiger partial charge in [-0.15, -0.1) is 0 Å². The second kappa shape index (κ2) is 11.0. The predicted octanol–water partition coefficient (Wildman–Crippen LogP) is 4.21. The van der Waals surface area contributed by atoms with Crippen LogP contribution in [0.3, 0.4) is 0 Å². The summed E-state index contributed by atoms with van der Waals surface area (Å²) in [7, 11) is 0. The maximum atomic E-state index is 14.6. The summed E-state index contributed by atoms with van der Waals surface area (Å²) < 4.78 is 20.9. The van der Waals surface area contributed by atoms with Gasteiger partial charge < -0.3 is 15.4 Å². The van der Waals surface area contributed by atoms with E-state index in [9.17, 15) is 9.18 Å². The highest BCUT2D eigenvalue weighted by Gasteiger charge is 2.24. The van der Waals surface area contributed by atoms with Gasteiger partial charge in [-0.3, -0.25) is 9.69 Å². The Labute approximate surface area is 212 Å². The van der Waals surface area contributed by atoms with Gasteiger partial charge in [0.1, 0.15) is 24.0 Å². The van der Waals surface area contributed by atoms with Gasteiger partial charge in [-0.1, -0.05) is 38.1 Å². The van der Waals surface area contributed by atoms with Crippen LogP contribution in [-0.2, 0) is 11.4 Å². The van der Waals surface area contributed by atoms with E-state index in [2.05, 4.69) is 41.9 Å². The van der Waals surface area contributed by atoms with Gasteiger partial charge in [-0.2, -0.15) is 0 Å². The lowest BCUT2D eigenvalue weighted by Gasteiger charge is -2.36. The third-order valence-electron chi connectivity index (χ3n) is 6.61. The van der Waals surface area contributed by atoms with E-state index in [0.717, 1.165) is 28.4 Å². The number of ether oxygens (including phenoxy) is 1. The topological polar surface area (TPSA) is 84.6 Å². The lowest BCUT2D eigenvalue weighted by molar-refractivity contribution is -0.119. The molecule has 0 atom stereocenters. The summed E-state index contributed by atoms with van der Waals surface area (Å²) in [4.78, 5) is 25.1. The Morgan fingerprint density at radius 1 is 1.08 bits per heavy atom. The van der Waals surface area contributed by atoms with E-state index in [1.165, 1.54) is 11.6 Å². The lowest BCUT2D eigenvalue weighted by atomic mass is 10.0. The third-order valence-corrected chi connectivity index (χ3v) is 6.61. The summed E-state index contributed by atoms with van der Waals surface area (Å²) in [6.07, 6.45) is 0. The summed E-state index contributed by atoms with van der Waals surface area (Å²) in [5, 5.41) is 0. The number of nitrogens with zero attached hydrogens (tertiary/aromatic N) is 4. The zero-order chi connectivity index (χ0) is 25.8. The SMILES string of the molecule is Cc1ccc(C(C)C)cc1OCc1c(C)nc(-c2ccccc2F)nc1N1CCN(CC(N)=O)CC1. The molecule has 0 aliphatic carbocycles. The molecule has 1 aliphatic rings. The van der Waals surface area contributed by atoms with Crippen molar-refractivity contribution in [3.63, 3.8) is 0 Å². The number of rotatable bonds is 8. The van der Waals surface area contributed by atoms with E-state index in [1.807, 2.05) is 18.7 Å². The van der Waals surface area contributed by atoms with Gasteiger partial charge in [-0.25, -0.2) is 14.4 Å². The quantitative estimate of drug-likeness (QED) is 0.508. The van der Waals surface area contributed by atoms with Gasteiger partial charge in [0.15, 0.2) is 5.82 Å². The van der Waals surface area contributed by atoms with Crippen molar-refractivity contribution >= 4 is 11.7 Å². The van der Waals surface area contributed by atoms with E-state index < -0.39 is 0 Å². The van der Waals surface area contributed by atoms with E-state index in [-0.39, 0.29) is 18.3 Å². The number of carbonyl (C=O) groups excluding carboxylic acids is 1. The van der Waals surface area contributed by atoms with E-state index in [0.29, 0.717) is 50.1 Å². The van der Waals surface area contributed by atoms with E-state index >= 15 is 0 Å². The van der Waals surface area contributed by atoms with Crippen molar-refractivity contribution in [2.75, 3.05) is 37.6 Å². The molecule has 0 saturated carbocycles. The molecule has 2 N–H and O–H groups in total. The third kappa shape index (κ3) is 5.82. The average molecular weight is 492 g/mol. The van der Waals surface area contributed by atoms with Crippen molar-refractivity contribution in [2.45, 2.75) is 40.2 Å². The number of primary amides is 1. The number of amides is 1. The Morgan fingerprint density at radius 2 is 1.81 bits per heavy atom. The van der Waals surface area contributed by atoms with Crippen molar-refractivity contribution < 1.29 is 13.9 Å². The van der Waals surface area contributed by atoms with Crippen LogP contribution < -0.4 is 15.4 Å². The predicted molar refractivity (Wildman–Crippen MR) is 140 cm³/mol. The van der Waals surface area contributed by atoms with Crippen LogP contribution in [0.1, 0.15) is 42.1 Å². The van der Waals surface area contributed by atoms with Gasteiger partial charge in [0.25, 0.3) is 0 Å². The number of piperazine rings is 1. The second-order valence-corrected chi connectivity index (χ2v) is 9.61. The normalized spacial score (nSPS) is 14.3. The highest BCUT2D eigenvalue weighted by molar-refractivity contribution is 5.76. The average Bonchev–Trinajstić information content (AvgIpc) is 2.84. The first-order chi connectivity index (χ1) is 17.2. The molecule has 190 valence electrons. The van der Waals surface area contributed by atoms with Crippen LogP contribution in [0.4, 0.5) is 10.2 Å². The molecular formula is C28H34FN5O2. The molecule has 7 nitrogen and oxygen atoms in total. The minimum absolute atomic E-state index is 0.235. The molecule has 1 aromatic heterocycles. The number of aryl methyl sites for hydroxylation is 2. The van der Waals surface area contributed by atoms with Gasteiger partial charge >= 0.3 is 0 Å². The van der Waals surface area contributed by atoms with Crippen LogP contribution in [0.5, 0.6) is 5.75 Å². The molecule has 8 heteroatoms. The Balaban J connectivity index is 1.67. The summed E-state index contributed by atoms with van der Waals surface area (Å²) in [5.41, 5.74) is 9.63. The van der Waals surface area contributed by atoms with Crippen LogP contribution in [-0.4, -0.2) is 53.5 Å². The van der Waals surface area contributed by atoms with Crippen LogP contribution in [0.2, 0.25) is 0 Å². The summed E-state index contributed by atoms with van der Waals surface area (Å²) in [6.45, 7) is 11.5. The van der Waals surface area contributed by atoms with Gasteiger partial charge in [-0.05, 0) is 49.1 Å². The number of benzene rings is 2. The molecule has 3 aromatic rings. The minimum Gasteiger partial charge on any atom is -0.488 e. The van der Waals surface area contributed by atoms with Crippen molar-refractivity contribution in [3.05, 3.63) is 70.7 Å². The van der Waals surface area contributed by atoms with Gasteiger partial charge in [0, 0.05) is 26.2 Å². The van der Waals surface area contributed by atoms with Crippen molar-refractivity contribution in [1.82, 2.24) is 14.9 Å². The van der Waals surface area contributed by atoms with Crippen LogP contribution in [0.15, 0.2) is 42.5 Å². The molecule has 4 rings (SSSR count). The van der Waals surface area contributed by atoms with Crippen LogP contribution >= 0.6 is 0 Å². The first-order valence-electron chi connectivity index (χ1n) is 12.3. The Kier molecular flexibility index (Phi) is 7.84. The maximum absolute atomic E-state index is 14.6. The molecule has 0 bridgehead atoms. The summed E-state index contributed by atoms with van der Waals surface area (Å²) in [6, 6.07) is 12.8. The number of hydrogen-bond donors (Lipinski definition) is 1. The number of hydrogen-bond acceptors (Lipinski definition) is 6. The fourth-order valence-electron chi connectivity index (χ4n) is 4.39. The molecule has 1 fully saturated rings. The zero-order valence-corrected chi connectivity index (χ0v) is 21.4. The van der Waals surface area contributed by atoms with Crippen molar-refractivity contribution in [1.29, 1.82) is 0 Å². The molecule has 2 heterocycles. The summed E-state index contributed by atoms with van der Waals surface area (Å²) in [5.74, 6) is 1.61. The molecule has 1 amide bonds. The Hall–Kier alpha value is -3.52. The lowest BCUT2D eigenvalue weighted by Crippen LogP contribution is -2.49. The molecule has 0 unspecified atom stereocenters. The number of aromatic nitrogens is 2. The smallest absolute Gasteiger partial charge is 0.231 e. The fraction of sp³-hybridized carbons (Fsp3) is 0.393.